The molecule has 0 rings (SSSR count). The fourth-order valence-corrected chi connectivity index (χ4v) is 1.56. The number of carbonyl (C=O) groups is 1. The molecule has 0 spiro atoms. The van der Waals surface area contributed by atoms with E-state index in [-0.39, 0.29) is 13.0 Å². The Morgan fingerprint density at radius 3 is 2.29 bits per heavy atom. The molecule has 14 heavy (non-hydrogen) atoms. The lowest BCUT2D eigenvalue weighted by Gasteiger charge is -2.21. The molecule has 84 valence electrons. The number of carboxylic acid groups (broad SMARTS) is 1. The molecule has 0 unspecified atom stereocenters. The average molecular weight is 226 g/mol. The van der Waals surface area contributed by atoms with Crippen LogP contribution in [0.25, 0.3) is 0 Å². The Balaban J connectivity index is 4.36. The van der Waals surface area contributed by atoms with Gasteiger partial charge >= 0.3 is 16.2 Å². The van der Waals surface area contributed by atoms with Gasteiger partial charge in [-0.2, -0.15) is 12.7 Å². The van der Waals surface area contributed by atoms with Crippen LogP contribution in [0.15, 0.2) is 0 Å². The highest BCUT2D eigenvalue weighted by Gasteiger charge is 2.23. The van der Waals surface area contributed by atoms with Gasteiger partial charge in [-0.15, -0.1) is 0 Å². The molecule has 0 heterocycles. The lowest BCUT2D eigenvalue weighted by Crippen LogP contribution is -2.39. The minimum atomic E-state index is -3.70. The quantitative estimate of drug-likeness (QED) is 0.595. The number of nitrogens with zero attached hydrogens (tertiary/aromatic N) is 2. The van der Waals surface area contributed by atoms with Gasteiger partial charge in [0, 0.05) is 20.6 Å². The molecule has 0 atom stereocenters. The van der Waals surface area contributed by atoms with Crippen molar-refractivity contribution in [2.24, 2.45) is 0 Å². The predicted molar refractivity (Wildman–Crippen MR) is 48.6 cm³/mol. The zero-order valence-electron chi connectivity index (χ0n) is 8.30. The van der Waals surface area contributed by atoms with E-state index in [1.165, 1.54) is 21.2 Å². The molecular weight excluding hydrogens is 212 g/mol. The maximum Gasteiger partial charge on any atom is 0.304 e. The molecule has 0 radical (unpaired) electrons. The first-order chi connectivity index (χ1) is 6.32. The molecule has 1 N–H and O–H groups in total. The Kier molecular flexibility index (Phi) is 4.99. The minimum Gasteiger partial charge on any atom is -0.481 e. The van der Waals surface area contributed by atoms with Crippen LogP contribution in [0.2, 0.25) is 0 Å². The first-order valence-electron chi connectivity index (χ1n) is 3.78. The van der Waals surface area contributed by atoms with Gasteiger partial charge in [-0.1, -0.05) is 4.47 Å². The SMILES string of the molecule is CON(C)S(=O)(=O)N(C)CCC(=O)O. The summed E-state index contributed by atoms with van der Waals surface area (Å²) < 4.78 is 24.4. The molecule has 0 aromatic rings. The number of hydroxylamine groups is 1. The average Bonchev–Trinajstić information content (AvgIpc) is 2.12. The van der Waals surface area contributed by atoms with E-state index in [1.54, 1.807) is 0 Å². The van der Waals surface area contributed by atoms with Gasteiger partial charge in [0.2, 0.25) is 0 Å². The number of aliphatic carboxylic acids is 1. The monoisotopic (exact) mass is 226 g/mol. The topological polar surface area (TPSA) is 87.2 Å². The summed E-state index contributed by atoms with van der Waals surface area (Å²) in [6.07, 6.45) is -0.243. The second-order valence-electron chi connectivity index (χ2n) is 2.57. The van der Waals surface area contributed by atoms with E-state index in [4.69, 9.17) is 5.11 Å². The van der Waals surface area contributed by atoms with E-state index in [0.717, 1.165) is 4.31 Å². The molecule has 0 bridgehead atoms. The summed E-state index contributed by atoms with van der Waals surface area (Å²) in [5.41, 5.74) is 0. The molecule has 0 aliphatic heterocycles. The van der Waals surface area contributed by atoms with Gasteiger partial charge in [0.05, 0.1) is 13.5 Å². The third-order valence-corrected chi connectivity index (χ3v) is 3.39. The number of rotatable bonds is 6. The Hall–Kier alpha value is -0.700. The van der Waals surface area contributed by atoms with Crippen molar-refractivity contribution in [1.82, 2.24) is 8.77 Å². The molecule has 0 aromatic heterocycles. The number of hydrogen-bond acceptors (Lipinski definition) is 4. The van der Waals surface area contributed by atoms with E-state index >= 15 is 0 Å². The van der Waals surface area contributed by atoms with Crippen molar-refractivity contribution in [3.8, 4) is 0 Å². The van der Waals surface area contributed by atoms with E-state index < -0.39 is 16.2 Å². The number of carboxylic acids is 1. The zero-order valence-corrected chi connectivity index (χ0v) is 9.11. The van der Waals surface area contributed by atoms with Gasteiger partial charge in [0.1, 0.15) is 0 Å². The summed E-state index contributed by atoms with van der Waals surface area (Å²) in [5.74, 6) is -1.05. The summed E-state index contributed by atoms with van der Waals surface area (Å²) in [5, 5.41) is 8.36. The van der Waals surface area contributed by atoms with Crippen LogP contribution < -0.4 is 0 Å². The van der Waals surface area contributed by atoms with Crippen molar-refractivity contribution in [2.45, 2.75) is 6.42 Å². The fraction of sp³-hybridized carbons (Fsp3) is 0.833. The maximum absolute atomic E-state index is 11.4. The van der Waals surface area contributed by atoms with E-state index in [1.807, 2.05) is 0 Å². The molecule has 0 saturated heterocycles. The first kappa shape index (κ1) is 13.3. The van der Waals surface area contributed by atoms with Gasteiger partial charge in [0.25, 0.3) is 0 Å². The molecule has 0 aliphatic carbocycles. The van der Waals surface area contributed by atoms with Crippen LogP contribution >= 0.6 is 0 Å². The Bertz CT molecular complexity index is 289. The second-order valence-corrected chi connectivity index (χ2v) is 4.60. The van der Waals surface area contributed by atoms with Crippen molar-refractivity contribution in [1.29, 1.82) is 0 Å². The lowest BCUT2D eigenvalue weighted by atomic mass is 10.4. The summed E-state index contributed by atoms with van der Waals surface area (Å²) in [4.78, 5) is 14.7. The third-order valence-electron chi connectivity index (χ3n) is 1.62. The van der Waals surface area contributed by atoms with Crippen molar-refractivity contribution in [3.05, 3.63) is 0 Å². The Morgan fingerprint density at radius 2 is 1.93 bits per heavy atom. The van der Waals surface area contributed by atoms with E-state index in [9.17, 15) is 13.2 Å². The van der Waals surface area contributed by atoms with Gasteiger partial charge < -0.3 is 5.11 Å². The summed E-state index contributed by atoms with van der Waals surface area (Å²) >= 11 is 0. The predicted octanol–water partition coefficient (Wildman–Crippen LogP) is -0.869. The molecule has 0 aliphatic rings. The van der Waals surface area contributed by atoms with Gasteiger partial charge in [-0.3, -0.25) is 9.63 Å². The van der Waals surface area contributed by atoms with Gasteiger partial charge in [0.15, 0.2) is 0 Å². The van der Waals surface area contributed by atoms with Crippen molar-refractivity contribution < 1.29 is 23.2 Å². The normalized spacial score (nSPS) is 12.4. The Morgan fingerprint density at radius 1 is 1.43 bits per heavy atom. The van der Waals surface area contributed by atoms with Crippen molar-refractivity contribution >= 4 is 16.2 Å². The lowest BCUT2D eigenvalue weighted by molar-refractivity contribution is -0.137. The first-order valence-corrected chi connectivity index (χ1v) is 5.18. The highest BCUT2D eigenvalue weighted by atomic mass is 32.2. The highest BCUT2D eigenvalue weighted by Crippen LogP contribution is 2.03. The van der Waals surface area contributed by atoms with Crippen LogP contribution in [0, 0.1) is 0 Å². The smallest absolute Gasteiger partial charge is 0.304 e. The van der Waals surface area contributed by atoms with Crippen molar-refractivity contribution in [3.63, 3.8) is 0 Å². The fourth-order valence-electron chi connectivity index (χ4n) is 0.659. The molecule has 0 amide bonds. The zero-order chi connectivity index (χ0) is 11.4. The second kappa shape index (κ2) is 5.25. The molecule has 0 aromatic carbocycles. The molecule has 7 nitrogen and oxygen atoms in total. The van der Waals surface area contributed by atoms with Crippen molar-refractivity contribution in [2.75, 3.05) is 27.7 Å². The molecule has 0 saturated carbocycles. The van der Waals surface area contributed by atoms with Crippen LogP contribution in [0.5, 0.6) is 0 Å². The van der Waals surface area contributed by atoms with E-state index in [2.05, 4.69) is 4.84 Å². The standard InChI is InChI=1S/C6H14N2O5S/c1-7(5-4-6(9)10)14(11,12)8(2)13-3/h4-5H2,1-3H3,(H,9,10). The van der Waals surface area contributed by atoms with Gasteiger partial charge in [-0.25, -0.2) is 0 Å². The Labute approximate surface area is 83.0 Å². The van der Waals surface area contributed by atoms with Gasteiger partial charge in [-0.05, 0) is 0 Å². The van der Waals surface area contributed by atoms with Crippen LogP contribution in [0.4, 0.5) is 0 Å². The van der Waals surface area contributed by atoms with Crippen LogP contribution in [0.3, 0.4) is 0 Å². The van der Waals surface area contributed by atoms with E-state index in [0.29, 0.717) is 4.47 Å². The van der Waals surface area contributed by atoms with Crippen LogP contribution in [-0.4, -0.2) is 56.0 Å². The number of hydrogen-bond donors (Lipinski definition) is 1. The maximum atomic E-state index is 11.4. The molecular formula is C6H14N2O5S. The summed E-state index contributed by atoms with van der Waals surface area (Å²) in [6.45, 7) is -0.0919. The summed E-state index contributed by atoms with van der Waals surface area (Å²) in [6, 6.07) is 0. The van der Waals surface area contributed by atoms with Crippen LogP contribution in [0.1, 0.15) is 6.42 Å². The van der Waals surface area contributed by atoms with Crippen LogP contribution in [-0.2, 0) is 19.8 Å². The molecule has 8 heteroatoms. The third kappa shape index (κ3) is 3.58. The largest absolute Gasteiger partial charge is 0.481 e. The minimum absolute atomic E-state index is 0.0919. The molecule has 0 fully saturated rings. The summed E-state index contributed by atoms with van der Waals surface area (Å²) in [7, 11) is 0.0216. The highest BCUT2D eigenvalue weighted by molar-refractivity contribution is 7.86.